The van der Waals surface area contributed by atoms with Crippen LogP contribution in [0.3, 0.4) is 0 Å². The Kier molecular flexibility index (Phi) is 4.66. The van der Waals surface area contributed by atoms with Gasteiger partial charge in [0.05, 0.1) is 23.3 Å². The summed E-state index contributed by atoms with van der Waals surface area (Å²) in [5.74, 6) is 0.0460. The minimum absolute atomic E-state index is 0.0460. The van der Waals surface area contributed by atoms with Crippen LogP contribution in [-0.2, 0) is 11.3 Å². The Balaban J connectivity index is 1.59. The number of carbonyl (C=O) groups excluding carboxylic acids is 1. The molecule has 1 atom stereocenters. The van der Waals surface area contributed by atoms with E-state index in [4.69, 9.17) is 23.2 Å². The van der Waals surface area contributed by atoms with Crippen LogP contribution in [0, 0.1) is 0 Å². The molecule has 0 bridgehead atoms. The van der Waals surface area contributed by atoms with E-state index in [0.29, 0.717) is 28.8 Å². The second-order valence-electron chi connectivity index (χ2n) is 5.15. The highest BCUT2D eigenvalue weighted by Gasteiger charge is 2.32. The molecule has 2 heterocycles. The van der Waals surface area contributed by atoms with Crippen LogP contribution in [-0.4, -0.2) is 34.8 Å². The van der Waals surface area contributed by atoms with E-state index in [1.165, 1.54) is 0 Å². The van der Waals surface area contributed by atoms with Crippen LogP contribution in [0.15, 0.2) is 36.7 Å². The molecule has 5 nitrogen and oxygen atoms in total. The summed E-state index contributed by atoms with van der Waals surface area (Å²) >= 11 is 12.1. The van der Waals surface area contributed by atoms with Crippen LogP contribution in [0.4, 0.5) is 5.69 Å². The molecular formula is C15H16Cl2N4O. The van der Waals surface area contributed by atoms with Gasteiger partial charge in [0.1, 0.15) is 0 Å². The van der Waals surface area contributed by atoms with E-state index in [9.17, 15) is 4.79 Å². The third kappa shape index (κ3) is 3.27. The quantitative estimate of drug-likeness (QED) is 0.911. The first-order valence-electron chi connectivity index (χ1n) is 7.12. The van der Waals surface area contributed by atoms with Gasteiger partial charge < -0.3 is 10.2 Å². The fraction of sp³-hybridized carbons (Fsp3) is 0.333. The fourth-order valence-corrected chi connectivity index (χ4v) is 3.11. The van der Waals surface area contributed by atoms with Gasteiger partial charge in [-0.1, -0.05) is 23.2 Å². The molecule has 1 amide bonds. The predicted octanol–water partition coefficient (Wildman–Crippen LogP) is 2.58. The first-order chi connectivity index (χ1) is 10.6. The molecule has 0 unspecified atom stereocenters. The van der Waals surface area contributed by atoms with E-state index >= 15 is 0 Å². The van der Waals surface area contributed by atoms with Crippen molar-refractivity contribution >= 4 is 34.8 Å². The summed E-state index contributed by atoms with van der Waals surface area (Å²) in [6.07, 6.45) is 4.40. The zero-order chi connectivity index (χ0) is 15.5. The molecule has 1 saturated heterocycles. The number of nitrogens with one attached hydrogen (secondary N) is 1. The molecule has 1 aromatic heterocycles. The molecule has 3 rings (SSSR count). The molecule has 2 aromatic rings. The lowest BCUT2D eigenvalue weighted by molar-refractivity contribution is -0.118. The number of aromatic nitrogens is 2. The van der Waals surface area contributed by atoms with Gasteiger partial charge in [-0.25, -0.2) is 0 Å². The molecule has 0 radical (unpaired) electrons. The second-order valence-corrected chi connectivity index (χ2v) is 5.99. The number of hydrogen-bond donors (Lipinski definition) is 1. The van der Waals surface area contributed by atoms with Gasteiger partial charge in [0.25, 0.3) is 0 Å². The smallest absolute Gasteiger partial charge is 0.244 e. The summed E-state index contributed by atoms with van der Waals surface area (Å²) in [7, 11) is 0. The largest absolute Gasteiger partial charge is 0.310 e. The fourth-order valence-electron chi connectivity index (χ4n) is 2.59. The average Bonchev–Trinajstić information content (AvgIpc) is 3.11. The maximum atomic E-state index is 12.5. The zero-order valence-electron chi connectivity index (χ0n) is 11.9. The number of benzene rings is 1. The molecule has 0 aliphatic carbocycles. The van der Waals surface area contributed by atoms with E-state index in [1.54, 1.807) is 29.3 Å². The van der Waals surface area contributed by atoms with E-state index in [0.717, 1.165) is 13.0 Å². The van der Waals surface area contributed by atoms with E-state index in [1.807, 2.05) is 16.9 Å². The molecule has 1 aliphatic heterocycles. The van der Waals surface area contributed by atoms with Gasteiger partial charge >= 0.3 is 0 Å². The molecule has 0 saturated carbocycles. The Morgan fingerprint density at radius 2 is 2.23 bits per heavy atom. The summed E-state index contributed by atoms with van der Waals surface area (Å²) in [5, 5.41) is 8.47. The van der Waals surface area contributed by atoms with Crippen molar-refractivity contribution in [2.45, 2.75) is 19.0 Å². The average molecular weight is 339 g/mol. The standard InChI is InChI=1S/C15H16Cl2N4O/c16-11-2-3-14(12(17)10-11)21-8-4-13(15(21)22)18-6-9-20-7-1-5-19-20/h1-3,5,7,10,13,18H,4,6,8-9H2/t13-/m1/s1. The first-order valence-corrected chi connectivity index (χ1v) is 7.88. The number of rotatable bonds is 5. The number of halogens is 2. The molecule has 22 heavy (non-hydrogen) atoms. The van der Waals surface area contributed by atoms with Crippen molar-refractivity contribution in [1.82, 2.24) is 15.1 Å². The van der Waals surface area contributed by atoms with Crippen molar-refractivity contribution in [3.05, 3.63) is 46.7 Å². The number of nitrogens with zero attached hydrogens (tertiary/aromatic N) is 3. The maximum Gasteiger partial charge on any atom is 0.244 e. The highest BCUT2D eigenvalue weighted by Crippen LogP contribution is 2.31. The van der Waals surface area contributed by atoms with Crippen molar-refractivity contribution in [3.8, 4) is 0 Å². The minimum atomic E-state index is -0.178. The van der Waals surface area contributed by atoms with E-state index in [-0.39, 0.29) is 11.9 Å². The van der Waals surface area contributed by atoms with Crippen LogP contribution in [0.2, 0.25) is 10.0 Å². The predicted molar refractivity (Wildman–Crippen MR) is 87.4 cm³/mol. The molecule has 1 fully saturated rings. The molecular weight excluding hydrogens is 323 g/mol. The van der Waals surface area contributed by atoms with Crippen LogP contribution in [0.1, 0.15) is 6.42 Å². The van der Waals surface area contributed by atoms with E-state index < -0.39 is 0 Å². The zero-order valence-corrected chi connectivity index (χ0v) is 13.4. The summed E-state index contributed by atoms with van der Waals surface area (Å²) < 4.78 is 1.83. The lowest BCUT2D eigenvalue weighted by Crippen LogP contribution is -2.39. The molecule has 116 valence electrons. The molecule has 0 spiro atoms. The summed E-state index contributed by atoms with van der Waals surface area (Å²) in [5.41, 5.74) is 0.715. The first kappa shape index (κ1) is 15.3. The molecule has 1 aliphatic rings. The SMILES string of the molecule is O=C1[C@H](NCCn2cccn2)CCN1c1ccc(Cl)cc1Cl. The van der Waals surface area contributed by atoms with E-state index in [2.05, 4.69) is 10.4 Å². The normalized spacial score (nSPS) is 18.2. The van der Waals surface area contributed by atoms with Gasteiger partial charge in [0.15, 0.2) is 0 Å². The lowest BCUT2D eigenvalue weighted by Gasteiger charge is -2.18. The second kappa shape index (κ2) is 6.69. The van der Waals surface area contributed by atoms with Crippen molar-refractivity contribution < 1.29 is 4.79 Å². The van der Waals surface area contributed by atoms with Gasteiger partial charge in [-0.3, -0.25) is 9.48 Å². The Labute approximate surface area is 138 Å². The third-order valence-corrected chi connectivity index (χ3v) is 4.23. The molecule has 7 heteroatoms. The number of amides is 1. The Hall–Kier alpha value is -1.56. The highest BCUT2D eigenvalue weighted by atomic mass is 35.5. The van der Waals surface area contributed by atoms with Crippen LogP contribution < -0.4 is 10.2 Å². The topological polar surface area (TPSA) is 50.2 Å². The van der Waals surface area contributed by atoms with Gasteiger partial charge in [-0.15, -0.1) is 0 Å². The Morgan fingerprint density at radius 3 is 2.95 bits per heavy atom. The van der Waals surface area contributed by atoms with Crippen molar-refractivity contribution in [3.63, 3.8) is 0 Å². The third-order valence-electron chi connectivity index (χ3n) is 3.70. The summed E-state index contributed by atoms with van der Waals surface area (Å²) in [4.78, 5) is 14.2. The van der Waals surface area contributed by atoms with Crippen molar-refractivity contribution in [2.75, 3.05) is 18.0 Å². The molecule has 1 N–H and O–H groups in total. The van der Waals surface area contributed by atoms with Gasteiger partial charge in [0, 0.05) is 30.5 Å². The maximum absolute atomic E-state index is 12.5. The van der Waals surface area contributed by atoms with Crippen molar-refractivity contribution in [2.24, 2.45) is 0 Å². The van der Waals surface area contributed by atoms with Crippen LogP contribution in [0.5, 0.6) is 0 Å². The lowest BCUT2D eigenvalue weighted by atomic mass is 10.2. The summed E-state index contributed by atoms with van der Waals surface area (Å²) in [6.45, 7) is 2.08. The van der Waals surface area contributed by atoms with Crippen molar-refractivity contribution in [1.29, 1.82) is 0 Å². The number of carbonyl (C=O) groups is 1. The number of anilines is 1. The van der Waals surface area contributed by atoms with Gasteiger partial charge in [0.2, 0.25) is 5.91 Å². The highest BCUT2D eigenvalue weighted by molar-refractivity contribution is 6.36. The van der Waals surface area contributed by atoms with Gasteiger partial charge in [-0.05, 0) is 30.7 Å². The summed E-state index contributed by atoms with van der Waals surface area (Å²) in [6, 6.07) is 6.89. The van der Waals surface area contributed by atoms with Crippen LogP contribution in [0.25, 0.3) is 0 Å². The molecule has 1 aromatic carbocycles. The monoisotopic (exact) mass is 338 g/mol. The van der Waals surface area contributed by atoms with Gasteiger partial charge in [-0.2, -0.15) is 5.10 Å². The Morgan fingerprint density at radius 1 is 1.36 bits per heavy atom. The Bertz CT molecular complexity index is 660. The van der Waals surface area contributed by atoms with Crippen LogP contribution >= 0.6 is 23.2 Å². The minimum Gasteiger partial charge on any atom is -0.310 e. The number of hydrogen-bond acceptors (Lipinski definition) is 3.